The van der Waals surface area contributed by atoms with Crippen molar-refractivity contribution in [3.8, 4) is 34.3 Å². The monoisotopic (exact) mass is 521 g/mol. The topological polar surface area (TPSA) is 99.9 Å². The van der Waals surface area contributed by atoms with Crippen molar-refractivity contribution >= 4 is 23.9 Å². The van der Waals surface area contributed by atoms with Gasteiger partial charge in [-0.15, -0.1) is 10.2 Å². The number of aromatic nitrogens is 3. The molecule has 0 aliphatic carbocycles. The zero-order valence-corrected chi connectivity index (χ0v) is 21.2. The van der Waals surface area contributed by atoms with Crippen molar-refractivity contribution in [3.05, 3.63) is 78.1 Å². The molecule has 37 heavy (non-hydrogen) atoms. The summed E-state index contributed by atoms with van der Waals surface area (Å²) >= 11 is 1.20. The molecule has 190 valence electrons. The second-order valence-electron chi connectivity index (χ2n) is 7.53. The van der Waals surface area contributed by atoms with Crippen LogP contribution in [0.4, 0.5) is 4.39 Å². The minimum Gasteiger partial charge on any atom is -0.493 e. The van der Waals surface area contributed by atoms with Crippen LogP contribution in [-0.2, 0) is 4.79 Å². The molecule has 0 atom stereocenters. The number of ether oxygens (including phenoxy) is 3. The normalized spacial score (nSPS) is 10.9. The molecule has 4 rings (SSSR count). The number of para-hydroxylation sites is 1. The summed E-state index contributed by atoms with van der Waals surface area (Å²) in [5, 5.41) is 13.1. The lowest BCUT2D eigenvalue weighted by Gasteiger charge is -2.15. The Balaban J connectivity index is 1.59. The molecule has 0 fully saturated rings. The Morgan fingerprint density at radius 2 is 1.73 bits per heavy atom. The van der Waals surface area contributed by atoms with E-state index in [-0.39, 0.29) is 17.5 Å². The van der Waals surface area contributed by atoms with Crippen molar-refractivity contribution in [2.75, 3.05) is 27.1 Å². The van der Waals surface area contributed by atoms with Gasteiger partial charge in [0, 0.05) is 11.3 Å². The standard InChI is InChI=1S/C26H24FN5O4S/c1-34-21-13-18(14-22(35-2)24(21)36-3)25-30-31-26(32(25)20-10-5-4-6-11-20)37-16-23(33)29-28-15-17-8-7-9-19(27)12-17/h4-15H,16H2,1-3H3,(H,29,33)/b28-15-. The summed E-state index contributed by atoms with van der Waals surface area (Å²) < 4.78 is 31.6. The van der Waals surface area contributed by atoms with Gasteiger partial charge < -0.3 is 14.2 Å². The lowest BCUT2D eigenvalue weighted by molar-refractivity contribution is -0.118. The van der Waals surface area contributed by atoms with Crippen LogP contribution in [0.15, 0.2) is 77.0 Å². The van der Waals surface area contributed by atoms with E-state index < -0.39 is 0 Å². The third kappa shape index (κ3) is 6.07. The van der Waals surface area contributed by atoms with Crippen LogP contribution < -0.4 is 19.6 Å². The van der Waals surface area contributed by atoms with E-state index in [4.69, 9.17) is 14.2 Å². The fraction of sp³-hybridized carbons (Fsp3) is 0.154. The van der Waals surface area contributed by atoms with Crippen molar-refractivity contribution in [1.29, 1.82) is 0 Å². The quantitative estimate of drug-likeness (QED) is 0.188. The smallest absolute Gasteiger partial charge is 0.250 e. The Kier molecular flexibility index (Phi) is 8.37. The van der Waals surface area contributed by atoms with Gasteiger partial charge in [-0.05, 0) is 42.0 Å². The number of hydrogen-bond donors (Lipinski definition) is 1. The molecule has 0 saturated carbocycles. The molecule has 0 bridgehead atoms. The van der Waals surface area contributed by atoms with Gasteiger partial charge in [0.25, 0.3) is 5.91 Å². The zero-order valence-electron chi connectivity index (χ0n) is 20.3. The first kappa shape index (κ1) is 25.7. The predicted molar refractivity (Wildman–Crippen MR) is 139 cm³/mol. The van der Waals surface area contributed by atoms with Crippen LogP contribution in [0.1, 0.15) is 5.56 Å². The molecule has 9 nitrogen and oxygen atoms in total. The van der Waals surface area contributed by atoms with E-state index in [9.17, 15) is 9.18 Å². The van der Waals surface area contributed by atoms with Gasteiger partial charge in [-0.25, -0.2) is 9.82 Å². The second kappa shape index (κ2) is 12.0. The van der Waals surface area contributed by atoms with E-state index in [1.54, 1.807) is 38.5 Å². The summed E-state index contributed by atoms with van der Waals surface area (Å²) in [4.78, 5) is 12.4. The van der Waals surface area contributed by atoms with E-state index >= 15 is 0 Å². The lowest BCUT2D eigenvalue weighted by Crippen LogP contribution is -2.20. The number of methoxy groups -OCH3 is 3. The van der Waals surface area contributed by atoms with Gasteiger partial charge in [-0.1, -0.05) is 42.1 Å². The highest BCUT2D eigenvalue weighted by atomic mass is 32.2. The van der Waals surface area contributed by atoms with Gasteiger partial charge in [0.1, 0.15) is 5.82 Å². The minimum atomic E-state index is -0.381. The Morgan fingerprint density at radius 1 is 1.00 bits per heavy atom. The van der Waals surface area contributed by atoms with E-state index in [2.05, 4.69) is 20.7 Å². The van der Waals surface area contributed by atoms with Crippen LogP contribution in [0.2, 0.25) is 0 Å². The number of benzene rings is 3. The third-order valence-corrected chi connectivity index (χ3v) is 6.08. The molecule has 11 heteroatoms. The SMILES string of the molecule is COc1cc(-c2nnc(SCC(=O)N/N=C\c3cccc(F)c3)n2-c2ccccc2)cc(OC)c1OC. The van der Waals surface area contributed by atoms with Crippen molar-refractivity contribution in [3.63, 3.8) is 0 Å². The number of rotatable bonds is 10. The summed E-state index contributed by atoms with van der Waals surface area (Å²) in [5.41, 5.74) is 4.47. The number of amides is 1. The van der Waals surface area contributed by atoms with Crippen LogP contribution in [0, 0.1) is 5.82 Å². The number of hydrogen-bond acceptors (Lipinski definition) is 8. The van der Waals surface area contributed by atoms with Gasteiger partial charge in [0.2, 0.25) is 5.75 Å². The van der Waals surface area contributed by atoms with Gasteiger partial charge in [-0.2, -0.15) is 5.10 Å². The zero-order chi connectivity index (χ0) is 26.2. The molecule has 3 aromatic carbocycles. The number of carbonyl (C=O) groups is 1. The highest BCUT2D eigenvalue weighted by Crippen LogP contribution is 2.41. The van der Waals surface area contributed by atoms with E-state index in [1.165, 1.54) is 37.2 Å². The predicted octanol–water partition coefficient (Wildman–Crippen LogP) is 4.34. The molecular formula is C26H24FN5O4S. The molecule has 4 aromatic rings. The molecule has 0 saturated heterocycles. The van der Waals surface area contributed by atoms with Crippen molar-refractivity contribution in [2.24, 2.45) is 5.10 Å². The van der Waals surface area contributed by atoms with Crippen molar-refractivity contribution in [1.82, 2.24) is 20.2 Å². The molecule has 0 aliphatic rings. The Bertz CT molecular complexity index is 1390. The van der Waals surface area contributed by atoms with Gasteiger partial charge in [0.15, 0.2) is 22.5 Å². The maximum Gasteiger partial charge on any atom is 0.250 e. The number of hydrazone groups is 1. The van der Waals surface area contributed by atoms with E-state index in [1.807, 2.05) is 34.9 Å². The highest BCUT2D eigenvalue weighted by Gasteiger charge is 2.21. The van der Waals surface area contributed by atoms with Gasteiger partial charge >= 0.3 is 0 Å². The molecule has 0 radical (unpaired) electrons. The molecule has 1 amide bonds. The Labute approximate surface area is 217 Å². The maximum atomic E-state index is 13.3. The molecule has 1 N–H and O–H groups in total. The first-order valence-corrected chi connectivity index (χ1v) is 12.0. The fourth-order valence-electron chi connectivity index (χ4n) is 3.50. The summed E-state index contributed by atoms with van der Waals surface area (Å²) in [5.74, 6) is 1.24. The van der Waals surface area contributed by atoms with Gasteiger partial charge in [-0.3, -0.25) is 9.36 Å². The maximum absolute atomic E-state index is 13.3. The highest BCUT2D eigenvalue weighted by molar-refractivity contribution is 7.99. The van der Waals surface area contributed by atoms with Crippen LogP contribution in [0.5, 0.6) is 17.2 Å². The summed E-state index contributed by atoms with van der Waals surface area (Å²) in [6.07, 6.45) is 1.38. The van der Waals surface area contributed by atoms with Crippen LogP contribution in [-0.4, -0.2) is 54.0 Å². The molecule has 0 aliphatic heterocycles. The van der Waals surface area contributed by atoms with Crippen molar-refractivity contribution < 1.29 is 23.4 Å². The van der Waals surface area contributed by atoms with E-state index in [0.29, 0.717) is 39.4 Å². The number of nitrogens with one attached hydrogen (secondary N) is 1. The molecular weight excluding hydrogens is 497 g/mol. The first-order valence-electron chi connectivity index (χ1n) is 11.1. The fourth-order valence-corrected chi connectivity index (χ4v) is 4.24. The number of carbonyl (C=O) groups excluding carboxylic acids is 1. The second-order valence-corrected chi connectivity index (χ2v) is 8.47. The first-order chi connectivity index (χ1) is 18.0. The summed E-state index contributed by atoms with van der Waals surface area (Å²) in [6.45, 7) is 0. The lowest BCUT2D eigenvalue weighted by atomic mass is 10.1. The largest absolute Gasteiger partial charge is 0.493 e. The average Bonchev–Trinajstić information content (AvgIpc) is 3.35. The Hall–Kier alpha value is -4.38. The van der Waals surface area contributed by atoms with E-state index in [0.717, 1.165) is 5.69 Å². The molecule has 0 unspecified atom stereocenters. The third-order valence-electron chi connectivity index (χ3n) is 5.15. The average molecular weight is 522 g/mol. The minimum absolute atomic E-state index is 0.0285. The molecule has 1 heterocycles. The molecule has 0 spiro atoms. The van der Waals surface area contributed by atoms with Crippen LogP contribution in [0.3, 0.4) is 0 Å². The van der Waals surface area contributed by atoms with Crippen molar-refractivity contribution in [2.45, 2.75) is 5.16 Å². The Morgan fingerprint density at radius 3 is 2.38 bits per heavy atom. The van der Waals surface area contributed by atoms with Crippen LogP contribution >= 0.6 is 11.8 Å². The number of nitrogens with zero attached hydrogens (tertiary/aromatic N) is 4. The van der Waals surface area contributed by atoms with Crippen LogP contribution in [0.25, 0.3) is 17.1 Å². The van der Waals surface area contributed by atoms with Gasteiger partial charge in [0.05, 0.1) is 33.3 Å². The number of thioether (sulfide) groups is 1. The summed E-state index contributed by atoms with van der Waals surface area (Å²) in [7, 11) is 4.62. The number of halogens is 1. The molecule has 1 aromatic heterocycles. The summed E-state index contributed by atoms with van der Waals surface area (Å²) in [6, 6.07) is 19.0.